The highest BCUT2D eigenvalue weighted by atomic mass is 31.2. The molecule has 0 bridgehead atoms. The number of aryl methyl sites for hydroxylation is 2. The summed E-state index contributed by atoms with van der Waals surface area (Å²) in [7, 11) is -13.7. The van der Waals surface area contributed by atoms with Crippen LogP contribution in [0.4, 0.5) is 32.6 Å². The van der Waals surface area contributed by atoms with E-state index in [0.717, 1.165) is 22.3 Å². The highest BCUT2D eigenvalue weighted by Gasteiger charge is 2.32. The Balaban J connectivity index is 0.000000176. The Bertz CT molecular complexity index is 6970. The Morgan fingerprint density at radius 3 is 1.02 bits per heavy atom. The number of methoxy groups -OCH3 is 1. The van der Waals surface area contributed by atoms with Crippen molar-refractivity contribution in [1.82, 2.24) is 78.1 Å². The second-order valence-electron chi connectivity index (χ2n) is 29.7. The number of fused-ring (bicyclic) bond motifs is 4. The maximum Gasteiger partial charge on any atom is 0.356 e. The van der Waals surface area contributed by atoms with Crippen LogP contribution < -0.4 is 49.9 Å². The van der Waals surface area contributed by atoms with Crippen LogP contribution in [0.25, 0.3) is 44.7 Å². The van der Waals surface area contributed by atoms with Crippen molar-refractivity contribution in [2.75, 3.05) is 108 Å². The molecule has 0 fully saturated rings. The number of benzene rings is 6. The van der Waals surface area contributed by atoms with Gasteiger partial charge in [0, 0.05) is 43.7 Å². The summed E-state index contributed by atoms with van der Waals surface area (Å²) >= 11 is 0. The Hall–Kier alpha value is -13.3. The number of nitrogens with zero attached hydrogens (tertiary/aromatic N) is 12. The summed E-state index contributed by atoms with van der Waals surface area (Å²) in [6.07, 6.45) is 4.29. The van der Waals surface area contributed by atoms with Crippen LogP contribution in [-0.2, 0) is 136 Å². The lowest BCUT2D eigenvalue weighted by Crippen LogP contribution is -2.14. The summed E-state index contributed by atoms with van der Waals surface area (Å²) in [4.78, 5) is 137. The van der Waals surface area contributed by atoms with E-state index in [-0.39, 0.29) is 172 Å². The first-order valence-corrected chi connectivity index (χ1v) is 48.6. The third-order valence-electron chi connectivity index (χ3n) is 19.2. The number of nitrogen functional groups attached to an aromatic ring is 4. The van der Waals surface area contributed by atoms with Crippen LogP contribution in [0.1, 0.15) is 74.4 Å². The molecule has 0 radical (unpaired) electrons. The molecule has 137 heavy (non-hydrogen) atoms. The maximum atomic E-state index is 13.5. The molecule has 0 aliphatic heterocycles. The van der Waals surface area contributed by atoms with E-state index in [2.05, 4.69) is 59.8 Å². The van der Waals surface area contributed by atoms with Crippen molar-refractivity contribution in [3.8, 4) is 5.75 Å². The van der Waals surface area contributed by atoms with Gasteiger partial charge in [0.05, 0.1) is 85.3 Å². The van der Waals surface area contributed by atoms with Crippen molar-refractivity contribution in [3.05, 3.63) is 275 Å². The molecule has 12 N–H and O–H groups in total. The number of H-pyrrole nitrogens is 4. The minimum atomic E-state index is -3.84. The number of Topliss-reactive ketones (excluding diaryl/α,β-unsaturated/α-hetero) is 4. The number of hydrogen-bond acceptors (Lipinski definition) is 37. The molecule has 14 aromatic rings. The lowest BCUT2D eigenvalue weighted by Gasteiger charge is -2.19. The van der Waals surface area contributed by atoms with E-state index < -0.39 is 110 Å². The zero-order valence-corrected chi connectivity index (χ0v) is 78.1. The molecule has 0 spiro atoms. The van der Waals surface area contributed by atoms with Crippen LogP contribution in [0.3, 0.4) is 0 Å². The fourth-order valence-electron chi connectivity index (χ4n) is 12.2. The van der Waals surface area contributed by atoms with Crippen LogP contribution in [0.15, 0.2) is 196 Å². The number of aromatic amines is 4. The van der Waals surface area contributed by atoms with E-state index in [4.69, 9.17) is 82.8 Å². The monoisotopic (exact) mass is 1970 g/mol. The number of nitrogens with one attached hydrogen (secondary N) is 4. The Kier molecular flexibility index (Phi) is 38.0. The Labute approximate surface area is 777 Å². The maximum absolute atomic E-state index is 13.5. The van der Waals surface area contributed by atoms with Crippen LogP contribution >= 0.6 is 30.4 Å². The summed E-state index contributed by atoms with van der Waals surface area (Å²) in [6, 6.07) is 41.6. The van der Waals surface area contributed by atoms with Gasteiger partial charge in [-0.3, -0.25) is 94.6 Å². The second kappa shape index (κ2) is 50.0. The van der Waals surface area contributed by atoms with Gasteiger partial charge in [-0.2, -0.15) is 19.9 Å². The first-order chi connectivity index (χ1) is 65.7. The van der Waals surface area contributed by atoms with Gasteiger partial charge in [-0.1, -0.05) is 122 Å². The predicted molar refractivity (Wildman–Crippen MR) is 496 cm³/mol. The van der Waals surface area contributed by atoms with Crippen LogP contribution in [0.2, 0.25) is 0 Å². The smallest absolute Gasteiger partial charge is 0.356 e. The van der Waals surface area contributed by atoms with E-state index in [1.165, 1.54) is 68.6 Å². The largest absolute Gasteiger partial charge is 0.496 e. The number of anilines is 4. The first-order valence-electron chi connectivity index (χ1n) is 41.7. The van der Waals surface area contributed by atoms with Crippen molar-refractivity contribution < 1.29 is 106 Å². The quantitative estimate of drug-likeness (QED) is 0.00997. The number of ketones is 4. The zero-order valence-electron chi connectivity index (χ0n) is 74.5. The van der Waals surface area contributed by atoms with Gasteiger partial charge in [-0.05, 0) is 91.1 Å². The SMILES string of the molecule is CC(=O)COP(=O)(COCCn1cnc2c(=O)[nH]c(N)nc21)OCc1cccc(F)c1.CCC(=O)COP(=O)(COCCn1cnc2c(=O)[nH]c(N)nc21)OCc1cccc(F)c1.COc1ccc(C(=O)COP(=O)(COCCn2cnc3c(=O)[nH]c(N)nc32)OCc2ccccc2)cc1C.Cc1ccc(C(=O)COP(=O)(COCCn2cnc3c(=O)[nH]c(N)nc32)OCc2ccccc2)cc1. The highest BCUT2D eigenvalue weighted by Crippen LogP contribution is 2.52. The summed E-state index contributed by atoms with van der Waals surface area (Å²) in [6.45, 7) is 5.89. The number of nitrogens with two attached hydrogens (primary N) is 4. The number of halogens is 2. The highest BCUT2D eigenvalue weighted by molar-refractivity contribution is 7.54. The summed E-state index contributed by atoms with van der Waals surface area (Å²) in [5.41, 5.74) is 27.4. The minimum absolute atomic E-state index is 0.00937. The van der Waals surface area contributed by atoms with Crippen LogP contribution in [0.5, 0.6) is 5.75 Å². The number of carbonyl (C=O) groups is 4. The minimum Gasteiger partial charge on any atom is -0.496 e. The van der Waals surface area contributed by atoms with Gasteiger partial charge < -0.3 is 83.0 Å². The molecular formula is C86H98F2N20O25P4. The van der Waals surface area contributed by atoms with Gasteiger partial charge >= 0.3 is 30.4 Å². The molecule has 8 aromatic heterocycles. The average Bonchev–Trinajstić information content (AvgIpc) is 1.67. The normalized spacial score (nSPS) is 13.1. The van der Waals surface area contributed by atoms with Crippen molar-refractivity contribution in [2.24, 2.45) is 0 Å². The number of imidazole rings is 4. The first kappa shape index (κ1) is 104. The molecule has 0 aliphatic carbocycles. The fraction of sp³-hybridized carbons (Fsp3) is 0.302. The molecule has 0 saturated carbocycles. The van der Waals surface area contributed by atoms with Gasteiger partial charge in [0.25, 0.3) is 22.2 Å². The number of carbonyl (C=O) groups excluding carboxylic acids is 4. The third-order valence-corrected chi connectivity index (χ3v) is 25.4. The van der Waals surface area contributed by atoms with E-state index in [9.17, 15) is 65.4 Å². The third kappa shape index (κ3) is 31.6. The molecule has 0 saturated heterocycles. The van der Waals surface area contributed by atoms with Crippen LogP contribution in [0, 0.1) is 25.5 Å². The molecule has 51 heteroatoms. The molecule has 726 valence electrons. The summed E-state index contributed by atoms with van der Waals surface area (Å²) in [5.74, 6) is -1.70. The molecule has 6 aromatic carbocycles. The van der Waals surface area contributed by atoms with Crippen molar-refractivity contribution in [2.45, 2.75) is 86.7 Å². The van der Waals surface area contributed by atoms with E-state index in [1.807, 2.05) is 86.6 Å². The van der Waals surface area contributed by atoms with Crippen molar-refractivity contribution >= 4 is 122 Å². The fourth-order valence-corrected chi connectivity index (χ4v) is 17.2. The molecule has 0 aliphatic rings. The lowest BCUT2D eigenvalue weighted by molar-refractivity contribution is -0.121. The van der Waals surface area contributed by atoms with Gasteiger partial charge in [0.2, 0.25) is 23.8 Å². The van der Waals surface area contributed by atoms with Gasteiger partial charge in [0.1, 0.15) is 69.2 Å². The number of aromatic nitrogens is 16. The Morgan fingerprint density at radius 2 is 0.701 bits per heavy atom. The molecule has 45 nitrogen and oxygen atoms in total. The average molecular weight is 1970 g/mol. The molecule has 4 unspecified atom stereocenters. The lowest BCUT2D eigenvalue weighted by atomic mass is 10.1. The number of hydrogen-bond donors (Lipinski definition) is 8. The van der Waals surface area contributed by atoms with Crippen molar-refractivity contribution in [3.63, 3.8) is 0 Å². The molecular weight excluding hydrogens is 1870 g/mol. The molecule has 8 heterocycles. The number of ether oxygens (including phenoxy) is 5. The van der Waals surface area contributed by atoms with Crippen LogP contribution in [-0.4, -0.2) is 187 Å². The predicted octanol–water partition coefficient (Wildman–Crippen LogP) is 10.6. The van der Waals surface area contributed by atoms with E-state index in [1.54, 1.807) is 74.8 Å². The zero-order chi connectivity index (χ0) is 98.2. The molecule has 0 amide bonds. The molecule has 4 atom stereocenters. The van der Waals surface area contributed by atoms with Gasteiger partial charge in [-0.25, -0.2) is 28.7 Å². The second-order valence-corrected chi connectivity index (χ2v) is 37.7. The van der Waals surface area contributed by atoms with Crippen molar-refractivity contribution in [1.29, 1.82) is 0 Å². The topological polar surface area (TPSA) is 615 Å². The summed E-state index contributed by atoms with van der Waals surface area (Å²) in [5, 5.41) is 0. The Morgan fingerprint density at radius 1 is 0.387 bits per heavy atom. The number of rotatable bonds is 48. The standard InChI is InChI=1S/C25H28N5O7P.C24H26N5O6P.C19H23FN5O6P.C18H21FN5O6P/c1-17-12-19(8-9-21(17)34-2)20(31)14-37-38(33,36-13-18-6-4-3-5-7-18)16-35-11-10-30-15-27-22-23(30)28-25(26)29-24(22)32;1-17-7-9-19(10-8-17)20(30)14-35-36(32,34-13-18-5-3-2-4-6-18)16-33-12-11-29-15-26-21-22(29)27-24(25)28-23(21)31;1-2-15(26)10-31-32(28,30-9-13-4-3-5-14(20)8-13)12-29-7-6-25-11-22-16-17(25)23-19(21)24-18(16)27;1-12(25)8-29-31(27,30-9-13-3-2-4-14(19)7-13)11-28-6-5-24-10-21-15-16(24)22-18(20)23-17(15)26/h3-9,12,15H,10-11,13-14,16H2,1-2H3,(H3,26,28,29,32);2-10,15H,11-14,16H2,1H3,(H3,25,27,28,31);3-5,8,11H,2,6-7,9-10,12H2,1H3,(H3,21,23,24,27);2-4,7,10H,5-6,8-9,11H2,1H3,(H3,20,22,23,26). The van der Waals surface area contributed by atoms with E-state index >= 15 is 0 Å². The van der Waals surface area contributed by atoms with E-state index in [0.29, 0.717) is 39.3 Å². The molecule has 14 rings (SSSR count). The summed E-state index contributed by atoms with van der Waals surface area (Å²) < 4.78 is 157. The van der Waals surface area contributed by atoms with Gasteiger partial charge in [-0.15, -0.1) is 0 Å². The van der Waals surface area contributed by atoms with Gasteiger partial charge in [0.15, 0.2) is 67.8 Å².